The summed E-state index contributed by atoms with van der Waals surface area (Å²) in [5.41, 5.74) is 2.54. The Morgan fingerprint density at radius 3 is 3.11 bits per heavy atom. The Labute approximate surface area is 113 Å². The Morgan fingerprint density at radius 1 is 1.42 bits per heavy atom. The molecule has 1 aliphatic heterocycles. The van der Waals surface area contributed by atoms with E-state index in [2.05, 4.69) is 39.4 Å². The zero-order valence-corrected chi connectivity index (χ0v) is 11.4. The van der Waals surface area contributed by atoms with Gasteiger partial charge in [-0.25, -0.2) is 0 Å². The number of aromatic nitrogens is 4. The van der Waals surface area contributed by atoms with Crippen molar-refractivity contribution in [3.8, 4) is 0 Å². The Balaban J connectivity index is 1.73. The second-order valence-corrected chi connectivity index (χ2v) is 5.20. The van der Waals surface area contributed by atoms with Crippen LogP contribution in [0, 0.1) is 0 Å². The Bertz CT molecular complexity index is 502. The van der Waals surface area contributed by atoms with Crippen molar-refractivity contribution in [1.82, 2.24) is 24.9 Å². The number of aryl methyl sites for hydroxylation is 1. The Kier molecular flexibility index (Phi) is 3.64. The van der Waals surface area contributed by atoms with Crippen molar-refractivity contribution in [1.29, 1.82) is 0 Å². The smallest absolute Gasteiger partial charge is 0.0534 e. The molecule has 0 spiro atoms. The third kappa shape index (κ3) is 2.71. The van der Waals surface area contributed by atoms with E-state index in [1.54, 1.807) is 0 Å². The van der Waals surface area contributed by atoms with Crippen LogP contribution in [0.3, 0.4) is 0 Å². The van der Waals surface area contributed by atoms with E-state index in [1.807, 2.05) is 17.1 Å². The van der Waals surface area contributed by atoms with Gasteiger partial charge in [0.25, 0.3) is 0 Å². The second-order valence-electron chi connectivity index (χ2n) is 5.20. The van der Waals surface area contributed by atoms with Crippen LogP contribution in [0.15, 0.2) is 24.7 Å². The van der Waals surface area contributed by atoms with Crippen LogP contribution in [0.25, 0.3) is 0 Å². The van der Waals surface area contributed by atoms with E-state index in [9.17, 15) is 0 Å². The van der Waals surface area contributed by atoms with Crippen LogP contribution >= 0.6 is 0 Å². The van der Waals surface area contributed by atoms with Crippen LogP contribution in [0.5, 0.6) is 0 Å². The van der Waals surface area contributed by atoms with Gasteiger partial charge in [0, 0.05) is 31.0 Å². The van der Waals surface area contributed by atoms with Crippen LogP contribution < -0.4 is 0 Å². The summed E-state index contributed by atoms with van der Waals surface area (Å²) < 4.78 is 1.99. The van der Waals surface area contributed by atoms with Crippen LogP contribution in [0.4, 0.5) is 0 Å². The lowest BCUT2D eigenvalue weighted by Gasteiger charge is -2.34. The molecule has 1 fully saturated rings. The molecule has 0 saturated carbocycles. The molecule has 0 amide bonds. The lowest BCUT2D eigenvalue weighted by Crippen LogP contribution is -2.33. The number of piperidine rings is 1. The molecule has 102 valence electrons. The molecule has 1 aliphatic rings. The van der Waals surface area contributed by atoms with Gasteiger partial charge in [0.1, 0.15) is 0 Å². The van der Waals surface area contributed by atoms with E-state index < -0.39 is 0 Å². The summed E-state index contributed by atoms with van der Waals surface area (Å²) in [6, 6.07) is 2.57. The lowest BCUT2D eigenvalue weighted by molar-refractivity contribution is 0.137. The highest BCUT2D eigenvalue weighted by Crippen LogP contribution is 2.30. The predicted molar refractivity (Wildman–Crippen MR) is 73.5 cm³/mol. The van der Waals surface area contributed by atoms with E-state index in [1.165, 1.54) is 30.5 Å². The van der Waals surface area contributed by atoms with Crippen LogP contribution in [0.1, 0.15) is 43.5 Å². The van der Waals surface area contributed by atoms with Crippen LogP contribution in [-0.2, 0) is 13.1 Å². The number of hydrogen-bond donors (Lipinski definition) is 1. The van der Waals surface area contributed by atoms with Crippen LogP contribution in [0.2, 0.25) is 0 Å². The Morgan fingerprint density at radius 2 is 2.37 bits per heavy atom. The van der Waals surface area contributed by atoms with E-state index >= 15 is 0 Å². The quantitative estimate of drug-likeness (QED) is 0.917. The molecule has 0 aliphatic carbocycles. The first-order chi connectivity index (χ1) is 9.36. The molecule has 1 atom stereocenters. The normalized spacial score (nSPS) is 20.8. The highest BCUT2D eigenvalue weighted by molar-refractivity contribution is 5.09. The van der Waals surface area contributed by atoms with Gasteiger partial charge in [-0.15, -0.1) is 0 Å². The molecule has 1 N–H and O–H groups in total. The summed E-state index contributed by atoms with van der Waals surface area (Å²) in [4.78, 5) is 2.54. The van der Waals surface area contributed by atoms with Gasteiger partial charge in [0.15, 0.2) is 0 Å². The molecule has 5 heteroatoms. The number of H-pyrrole nitrogens is 1. The minimum Gasteiger partial charge on any atom is -0.290 e. The lowest BCUT2D eigenvalue weighted by atomic mass is 9.99. The van der Waals surface area contributed by atoms with Gasteiger partial charge in [0.2, 0.25) is 0 Å². The van der Waals surface area contributed by atoms with Crippen molar-refractivity contribution in [3.05, 3.63) is 35.9 Å². The van der Waals surface area contributed by atoms with Gasteiger partial charge >= 0.3 is 0 Å². The molecule has 0 aromatic carbocycles. The molecule has 0 radical (unpaired) electrons. The monoisotopic (exact) mass is 259 g/mol. The number of nitrogens with zero attached hydrogens (tertiary/aromatic N) is 4. The van der Waals surface area contributed by atoms with Crippen molar-refractivity contribution < 1.29 is 0 Å². The van der Waals surface area contributed by atoms with Crippen molar-refractivity contribution in [3.63, 3.8) is 0 Å². The van der Waals surface area contributed by atoms with E-state index in [4.69, 9.17) is 0 Å². The Hall–Kier alpha value is -1.62. The SMILES string of the molecule is CCn1cc(CN2CCCCC2c2ccn[nH]2)cn1. The number of likely N-dealkylation sites (tertiary alicyclic amines) is 1. The molecule has 2 aromatic rings. The van der Waals surface area contributed by atoms with Gasteiger partial charge in [-0.1, -0.05) is 6.42 Å². The molecule has 1 unspecified atom stereocenters. The van der Waals surface area contributed by atoms with Crippen molar-refractivity contribution in [2.24, 2.45) is 0 Å². The average molecular weight is 259 g/mol. The third-order valence-corrected chi connectivity index (χ3v) is 3.89. The highest BCUT2D eigenvalue weighted by atomic mass is 15.3. The average Bonchev–Trinajstić information content (AvgIpc) is 3.10. The van der Waals surface area contributed by atoms with Crippen molar-refractivity contribution in [2.45, 2.75) is 45.3 Å². The fourth-order valence-corrected chi connectivity index (χ4v) is 2.88. The van der Waals surface area contributed by atoms with Gasteiger partial charge in [-0.2, -0.15) is 10.2 Å². The molecule has 19 heavy (non-hydrogen) atoms. The summed E-state index contributed by atoms with van der Waals surface area (Å²) in [7, 11) is 0. The minimum absolute atomic E-state index is 0.473. The standard InChI is InChI=1S/C14H21N5/c1-2-19-11-12(9-16-19)10-18-8-4-3-5-14(18)13-6-7-15-17-13/h6-7,9,11,14H,2-5,8,10H2,1H3,(H,15,17). The summed E-state index contributed by atoms with van der Waals surface area (Å²) >= 11 is 0. The maximum absolute atomic E-state index is 4.36. The molecule has 3 rings (SSSR count). The van der Waals surface area contributed by atoms with Crippen LogP contribution in [-0.4, -0.2) is 31.4 Å². The first kappa shape index (κ1) is 12.4. The van der Waals surface area contributed by atoms with Crippen molar-refractivity contribution in [2.75, 3.05) is 6.54 Å². The third-order valence-electron chi connectivity index (χ3n) is 3.89. The maximum Gasteiger partial charge on any atom is 0.0534 e. The molecular formula is C14H21N5. The molecule has 5 nitrogen and oxygen atoms in total. The molecular weight excluding hydrogens is 238 g/mol. The molecule has 3 heterocycles. The highest BCUT2D eigenvalue weighted by Gasteiger charge is 2.25. The van der Waals surface area contributed by atoms with E-state index in [0.717, 1.165) is 19.6 Å². The number of nitrogens with one attached hydrogen (secondary N) is 1. The largest absolute Gasteiger partial charge is 0.290 e. The molecule has 2 aromatic heterocycles. The van der Waals surface area contributed by atoms with Crippen molar-refractivity contribution >= 4 is 0 Å². The van der Waals surface area contributed by atoms with Gasteiger partial charge in [-0.05, 0) is 32.4 Å². The topological polar surface area (TPSA) is 49.7 Å². The van der Waals surface area contributed by atoms with E-state index in [0.29, 0.717) is 6.04 Å². The molecule has 1 saturated heterocycles. The van der Waals surface area contributed by atoms with Gasteiger partial charge in [-0.3, -0.25) is 14.7 Å². The zero-order valence-electron chi connectivity index (χ0n) is 11.4. The number of hydrogen-bond acceptors (Lipinski definition) is 3. The fourth-order valence-electron chi connectivity index (χ4n) is 2.88. The summed E-state index contributed by atoms with van der Waals surface area (Å²) in [5, 5.41) is 11.6. The fraction of sp³-hybridized carbons (Fsp3) is 0.571. The first-order valence-corrected chi connectivity index (χ1v) is 7.11. The van der Waals surface area contributed by atoms with Gasteiger partial charge in [0.05, 0.1) is 17.9 Å². The maximum atomic E-state index is 4.36. The summed E-state index contributed by atoms with van der Waals surface area (Å²) in [5.74, 6) is 0. The summed E-state index contributed by atoms with van der Waals surface area (Å²) in [6.07, 6.45) is 9.78. The van der Waals surface area contributed by atoms with Gasteiger partial charge < -0.3 is 0 Å². The predicted octanol–water partition coefficient (Wildman–Crippen LogP) is 2.35. The number of rotatable bonds is 4. The summed E-state index contributed by atoms with van der Waals surface area (Å²) in [6.45, 7) is 5.18. The number of aromatic amines is 1. The first-order valence-electron chi connectivity index (χ1n) is 7.11. The zero-order chi connectivity index (χ0) is 13.1. The molecule has 0 bridgehead atoms. The second kappa shape index (κ2) is 5.57. The minimum atomic E-state index is 0.473. The van der Waals surface area contributed by atoms with E-state index in [-0.39, 0.29) is 0 Å².